The number of rotatable bonds is 2. The fourth-order valence-electron chi connectivity index (χ4n) is 2.69. The Morgan fingerprint density at radius 3 is 2.58 bits per heavy atom. The molecule has 0 saturated carbocycles. The Hall–Kier alpha value is -1.95. The molecule has 1 aromatic heterocycles. The second-order valence-electron chi connectivity index (χ2n) is 5.32. The SMILES string of the molecule is O=C1C(c2cc(Cl)c3ccccc3n2)SC(=S)N1c1ccccc1. The molecule has 118 valence electrons. The van der Waals surface area contributed by atoms with Crippen LogP contribution in [-0.4, -0.2) is 15.2 Å². The van der Waals surface area contributed by atoms with Gasteiger partial charge in [-0.1, -0.05) is 72.0 Å². The zero-order valence-electron chi connectivity index (χ0n) is 12.3. The van der Waals surface area contributed by atoms with Gasteiger partial charge in [0.25, 0.3) is 5.91 Å². The summed E-state index contributed by atoms with van der Waals surface area (Å²) in [6, 6.07) is 18.8. The summed E-state index contributed by atoms with van der Waals surface area (Å²) in [4.78, 5) is 19.1. The highest BCUT2D eigenvalue weighted by atomic mass is 35.5. The highest BCUT2D eigenvalue weighted by molar-refractivity contribution is 8.24. The summed E-state index contributed by atoms with van der Waals surface area (Å²) in [6.07, 6.45) is 0. The molecule has 1 aliphatic heterocycles. The van der Waals surface area contributed by atoms with Crippen molar-refractivity contribution in [2.24, 2.45) is 0 Å². The lowest BCUT2D eigenvalue weighted by Crippen LogP contribution is -2.29. The van der Waals surface area contributed by atoms with E-state index in [1.54, 1.807) is 11.0 Å². The number of para-hydroxylation sites is 2. The largest absolute Gasteiger partial charge is 0.272 e. The van der Waals surface area contributed by atoms with Crippen molar-refractivity contribution in [3.63, 3.8) is 0 Å². The zero-order valence-corrected chi connectivity index (χ0v) is 14.7. The maximum absolute atomic E-state index is 12.9. The Labute approximate surface area is 153 Å². The Morgan fingerprint density at radius 2 is 1.79 bits per heavy atom. The van der Waals surface area contributed by atoms with E-state index < -0.39 is 5.25 Å². The predicted molar refractivity (Wildman–Crippen MR) is 104 cm³/mol. The molecule has 0 spiro atoms. The molecule has 0 radical (unpaired) electrons. The Kier molecular flexibility index (Phi) is 4.00. The van der Waals surface area contributed by atoms with Crippen LogP contribution in [-0.2, 0) is 4.79 Å². The lowest BCUT2D eigenvalue weighted by molar-refractivity contribution is -0.117. The van der Waals surface area contributed by atoms with Crippen LogP contribution in [0.1, 0.15) is 10.9 Å². The van der Waals surface area contributed by atoms with Gasteiger partial charge >= 0.3 is 0 Å². The second kappa shape index (κ2) is 6.16. The monoisotopic (exact) mass is 370 g/mol. The van der Waals surface area contributed by atoms with Crippen molar-refractivity contribution in [3.8, 4) is 0 Å². The molecule has 1 atom stereocenters. The first-order chi connectivity index (χ1) is 11.6. The summed E-state index contributed by atoms with van der Waals surface area (Å²) in [5.41, 5.74) is 2.18. The second-order valence-corrected chi connectivity index (χ2v) is 7.47. The van der Waals surface area contributed by atoms with Gasteiger partial charge in [-0.3, -0.25) is 14.7 Å². The van der Waals surface area contributed by atoms with E-state index in [1.807, 2.05) is 54.6 Å². The standard InChI is InChI=1S/C18H11ClN2OS2/c19-13-10-15(20-14-9-5-4-8-12(13)14)16-17(22)21(18(23)24-16)11-6-2-1-3-7-11/h1-10,16H. The summed E-state index contributed by atoms with van der Waals surface area (Å²) < 4.78 is 0.530. The van der Waals surface area contributed by atoms with E-state index in [0.29, 0.717) is 15.0 Å². The molecule has 4 rings (SSSR count). The average molecular weight is 371 g/mol. The normalized spacial score (nSPS) is 17.7. The van der Waals surface area contributed by atoms with Crippen LogP contribution in [0, 0.1) is 0 Å². The average Bonchev–Trinajstić information content (AvgIpc) is 2.90. The topological polar surface area (TPSA) is 33.2 Å². The number of nitrogens with zero attached hydrogens (tertiary/aromatic N) is 2. The van der Waals surface area contributed by atoms with E-state index in [1.165, 1.54) is 11.8 Å². The van der Waals surface area contributed by atoms with Gasteiger partial charge in [-0.2, -0.15) is 0 Å². The molecule has 0 N–H and O–H groups in total. The van der Waals surface area contributed by atoms with Crippen LogP contribution in [0.5, 0.6) is 0 Å². The van der Waals surface area contributed by atoms with Gasteiger partial charge in [0.1, 0.15) is 9.57 Å². The maximum Gasteiger partial charge on any atom is 0.252 e. The molecule has 1 saturated heterocycles. The number of pyridine rings is 1. The highest BCUT2D eigenvalue weighted by Crippen LogP contribution is 2.42. The number of halogens is 1. The molecular formula is C18H11ClN2OS2. The number of hydrogen-bond donors (Lipinski definition) is 0. The molecule has 3 nitrogen and oxygen atoms in total. The van der Waals surface area contributed by atoms with Gasteiger partial charge in [-0.15, -0.1) is 0 Å². The minimum Gasteiger partial charge on any atom is -0.272 e. The van der Waals surface area contributed by atoms with Crippen molar-refractivity contribution in [3.05, 3.63) is 71.4 Å². The fraction of sp³-hybridized carbons (Fsp3) is 0.0556. The number of thiocarbonyl (C=S) groups is 1. The lowest BCUT2D eigenvalue weighted by atomic mass is 10.1. The number of anilines is 1. The Bertz CT molecular complexity index is 962. The van der Waals surface area contributed by atoms with Gasteiger partial charge < -0.3 is 0 Å². The number of carbonyl (C=O) groups excluding carboxylic acids is 1. The molecule has 0 aliphatic carbocycles. The number of aromatic nitrogens is 1. The van der Waals surface area contributed by atoms with Crippen molar-refractivity contribution in [2.75, 3.05) is 4.90 Å². The summed E-state index contributed by atoms with van der Waals surface area (Å²) in [5.74, 6) is -0.0879. The van der Waals surface area contributed by atoms with Crippen LogP contribution in [0.3, 0.4) is 0 Å². The van der Waals surface area contributed by atoms with Gasteiger partial charge in [-0.05, 0) is 24.3 Å². The quantitative estimate of drug-likeness (QED) is 0.595. The van der Waals surface area contributed by atoms with E-state index in [0.717, 1.165) is 16.6 Å². The van der Waals surface area contributed by atoms with Crippen molar-refractivity contribution in [2.45, 2.75) is 5.25 Å². The van der Waals surface area contributed by atoms with Crippen LogP contribution in [0.4, 0.5) is 5.69 Å². The van der Waals surface area contributed by atoms with E-state index in [2.05, 4.69) is 4.98 Å². The molecule has 6 heteroatoms. The smallest absolute Gasteiger partial charge is 0.252 e. The Balaban J connectivity index is 1.76. The van der Waals surface area contributed by atoms with E-state index in [4.69, 9.17) is 23.8 Å². The molecule has 24 heavy (non-hydrogen) atoms. The molecule has 3 aromatic rings. The summed E-state index contributed by atoms with van der Waals surface area (Å²) in [7, 11) is 0. The number of thioether (sulfide) groups is 1. The van der Waals surface area contributed by atoms with E-state index in [9.17, 15) is 4.79 Å². The number of carbonyl (C=O) groups is 1. The molecule has 1 fully saturated rings. The minimum absolute atomic E-state index is 0.0879. The van der Waals surface area contributed by atoms with Gasteiger partial charge in [0.05, 0.1) is 21.9 Å². The van der Waals surface area contributed by atoms with Crippen LogP contribution in [0.15, 0.2) is 60.7 Å². The van der Waals surface area contributed by atoms with Crippen LogP contribution < -0.4 is 4.90 Å². The van der Waals surface area contributed by atoms with Crippen molar-refractivity contribution >= 4 is 62.4 Å². The lowest BCUT2D eigenvalue weighted by Gasteiger charge is -2.15. The maximum atomic E-state index is 12.9. The number of benzene rings is 2. The minimum atomic E-state index is -0.472. The van der Waals surface area contributed by atoms with Crippen LogP contribution in [0.25, 0.3) is 10.9 Å². The van der Waals surface area contributed by atoms with E-state index >= 15 is 0 Å². The zero-order chi connectivity index (χ0) is 16.7. The first kappa shape index (κ1) is 15.6. The van der Waals surface area contributed by atoms with Crippen molar-refractivity contribution in [1.29, 1.82) is 0 Å². The van der Waals surface area contributed by atoms with E-state index in [-0.39, 0.29) is 5.91 Å². The Morgan fingerprint density at radius 1 is 1.08 bits per heavy atom. The molecule has 2 aromatic carbocycles. The van der Waals surface area contributed by atoms with Gasteiger partial charge in [-0.25, -0.2) is 0 Å². The fourth-order valence-corrected chi connectivity index (χ4v) is 4.40. The first-order valence-electron chi connectivity index (χ1n) is 7.30. The molecule has 2 heterocycles. The van der Waals surface area contributed by atoms with Crippen LogP contribution >= 0.6 is 35.6 Å². The molecular weight excluding hydrogens is 360 g/mol. The van der Waals surface area contributed by atoms with Gasteiger partial charge in [0, 0.05) is 5.39 Å². The predicted octanol–water partition coefficient (Wildman–Crippen LogP) is 4.99. The number of hydrogen-bond acceptors (Lipinski definition) is 4. The third-order valence-electron chi connectivity index (χ3n) is 3.81. The van der Waals surface area contributed by atoms with Crippen LogP contribution in [0.2, 0.25) is 5.02 Å². The third-order valence-corrected chi connectivity index (χ3v) is 5.66. The summed E-state index contributed by atoms with van der Waals surface area (Å²) in [5, 5.41) is 0.994. The number of amides is 1. The third kappa shape index (κ3) is 2.59. The highest BCUT2D eigenvalue weighted by Gasteiger charge is 2.39. The van der Waals surface area contributed by atoms with Gasteiger partial charge in [0.15, 0.2) is 0 Å². The van der Waals surface area contributed by atoms with Gasteiger partial charge in [0.2, 0.25) is 0 Å². The molecule has 1 aliphatic rings. The first-order valence-corrected chi connectivity index (χ1v) is 8.96. The number of fused-ring (bicyclic) bond motifs is 1. The van der Waals surface area contributed by atoms with Crippen molar-refractivity contribution in [1.82, 2.24) is 4.98 Å². The summed E-state index contributed by atoms with van der Waals surface area (Å²) >= 11 is 13.1. The molecule has 0 bridgehead atoms. The van der Waals surface area contributed by atoms with Crippen molar-refractivity contribution < 1.29 is 4.79 Å². The molecule has 1 unspecified atom stereocenters. The molecule has 1 amide bonds. The summed E-state index contributed by atoms with van der Waals surface area (Å²) in [6.45, 7) is 0.